The fourth-order valence-corrected chi connectivity index (χ4v) is 2.30. The van der Waals surface area contributed by atoms with Crippen molar-refractivity contribution >= 4 is 17.3 Å². The highest BCUT2D eigenvalue weighted by Gasteiger charge is 2.14. The van der Waals surface area contributed by atoms with E-state index in [0.717, 1.165) is 18.5 Å². The highest BCUT2D eigenvalue weighted by molar-refractivity contribution is 6.33. The molecule has 0 saturated heterocycles. The molecule has 0 aliphatic rings. The van der Waals surface area contributed by atoms with Gasteiger partial charge in [0, 0.05) is 6.04 Å². The Morgan fingerprint density at radius 3 is 2.47 bits per heavy atom. The van der Waals surface area contributed by atoms with Crippen molar-refractivity contribution in [2.24, 2.45) is 5.92 Å². The number of nitrogens with zero attached hydrogens (tertiary/aromatic N) is 1. The van der Waals surface area contributed by atoms with E-state index in [2.05, 4.69) is 32.2 Å². The molecule has 0 amide bonds. The number of benzene rings is 1. The quantitative estimate of drug-likeness (QED) is 0.838. The summed E-state index contributed by atoms with van der Waals surface area (Å²) in [6, 6.07) is 7.82. The zero-order valence-corrected chi connectivity index (χ0v) is 11.4. The third kappa shape index (κ3) is 3.64. The zero-order chi connectivity index (χ0) is 12.8. The smallest absolute Gasteiger partial charge is 0.0992 e. The van der Waals surface area contributed by atoms with Crippen molar-refractivity contribution in [3.63, 3.8) is 0 Å². The fraction of sp³-hybridized carbons (Fsp3) is 0.500. The molecule has 0 saturated carbocycles. The second-order valence-electron chi connectivity index (χ2n) is 4.32. The highest BCUT2D eigenvalue weighted by atomic mass is 35.5. The number of anilines is 1. The van der Waals surface area contributed by atoms with Crippen molar-refractivity contribution in [3.8, 4) is 6.07 Å². The zero-order valence-electron chi connectivity index (χ0n) is 10.6. The average molecular weight is 251 g/mol. The van der Waals surface area contributed by atoms with Gasteiger partial charge >= 0.3 is 0 Å². The topological polar surface area (TPSA) is 35.8 Å². The maximum absolute atomic E-state index is 8.77. The molecule has 1 rings (SSSR count). The van der Waals surface area contributed by atoms with E-state index in [4.69, 9.17) is 16.9 Å². The van der Waals surface area contributed by atoms with Crippen LogP contribution in [-0.2, 0) is 0 Å². The summed E-state index contributed by atoms with van der Waals surface area (Å²) in [7, 11) is 0. The lowest BCUT2D eigenvalue weighted by atomic mass is 9.95. The Kier molecular flexibility index (Phi) is 5.31. The standard InChI is InChI=1S/C14H19ClN2/c1-4-12(5-2)10(3)17-14-7-6-11(9-16)8-13(14)15/h6-8,10,12,17H,4-5H2,1-3H3. The molecule has 2 nitrogen and oxygen atoms in total. The molecule has 0 heterocycles. The largest absolute Gasteiger partial charge is 0.381 e. The second kappa shape index (κ2) is 6.51. The molecular weight excluding hydrogens is 232 g/mol. The molecule has 0 bridgehead atoms. The molecule has 3 heteroatoms. The van der Waals surface area contributed by atoms with Gasteiger partial charge in [-0.2, -0.15) is 5.26 Å². The number of hydrogen-bond acceptors (Lipinski definition) is 2. The van der Waals surface area contributed by atoms with Gasteiger partial charge in [-0.3, -0.25) is 0 Å². The first kappa shape index (κ1) is 13.9. The van der Waals surface area contributed by atoms with Gasteiger partial charge in [0.2, 0.25) is 0 Å². The third-order valence-electron chi connectivity index (χ3n) is 3.24. The van der Waals surface area contributed by atoms with Crippen LogP contribution in [-0.4, -0.2) is 6.04 Å². The maximum Gasteiger partial charge on any atom is 0.0992 e. The molecule has 0 aliphatic carbocycles. The first-order valence-corrected chi connectivity index (χ1v) is 6.46. The van der Waals surface area contributed by atoms with Crippen LogP contribution in [0.15, 0.2) is 18.2 Å². The van der Waals surface area contributed by atoms with E-state index in [1.807, 2.05) is 6.07 Å². The Morgan fingerprint density at radius 2 is 2.00 bits per heavy atom. The van der Waals surface area contributed by atoms with Crippen molar-refractivity contribution in [1.82, 2.24) is 0 Å². The normalized spacial score (nSPS) is 12.2. The molecule has 0 spiro atoms. The van der Waals surface area contributed by atoms with Gasteiger partial charge in [0.15, 0.2) is 0 Å². The van der Waals surface area contributed by atoms with Crippen LogP contribution >= 0.6 is 11.6 Å². The Bertz CT molecular complexity index is 405. The molecule has 0 fully saturated rings. The number of nitriles is 1. The highest BCUT2D eigenvalue weighted by Crippen LogP contribution is 2.25. The Hall–Kier alpha value is -1.20. The van der Waals surface area contributed by atoms with Crippen LogP contribution in [0.2, 0.25) is 5.02 Å². The molecule has 92 valence electrons. The minimum absolute atomic E-state index is 0.385. The Balaban J connectivity index is 2.78. The fourth-order valence-electron chi connectivity index (χ4n) is 2.06. The van der Waals surface area contributed by atoms with Gasteiger partial charge in [-0.25, -0.2) is 0 Å². The van der Waals surface area contributed by atoms with Crippen molar-refractivity contribution < 1.29 is 0 Å². The number of rotatable bonds is 5. The van der Waals surface area contributed by atoms with Gasteiger partial charge in [-0.1, -0.05) is 38.3 Å². The van der Waals surface area contributed by atoms with Crippen LogP contribution in [0.25, 0.3) is 0 Å². The molecule has 0 aliphatic heterocycles. The van der Waals surface area contributed by atoms with E-state index in [9.17, 15) is 0 Å². The van der Waals surface area contributed by atoms with Gasteiger partial charge in [0.1, 0.15) is 0 Å². The lowest BCUT2D eigenvalue weighted by Crippen LogP contribution is -2.25. The summed E-state index contributed by atoms with van der Waals surface area (Å²) in [6.07, 6.45) is 2.30. The molecular formula is C14H19ClN2. The van der Waals surface area contributed by atoms with Crippen LogP contribution in [0.5, 0.6) is 0 Å². The first-order valence-electron chi connectivity index (χ1n) is 6.08. The van der Waals surface area contributed by atoms with Gasteiger partial charge in [0.25, 0.3) is 0 Å². The van der Waals surface area contributed by atoms with Crippen LogP contribution in [0.4, 0.5) is 5.69 Å². The lowest BCUT2D eigenvalue weighted by Gasteiger charge is -2.24. The molecule has 1 aromatic carbocycles. The van der Waals surface area contributed by atoms with Crippen LogP contribution in [0, 0.1) is 17.2 Å². The second-order valence-corrected chi connectivity index (χ2v) is 4.72. The lowest BCUT2D eigenvalue weighted by molar-refractivity contribution is 0.438. The SMILES string of the molecule is CCC(CC)C(C)Nc1ccc(C#N)cc1Cl. The van der Waals surface area contributed by atoms with Crippen LogP contribution in [0.1, 0.15) is 39.2 Å². The van der Waals surface area contributed by atoms with Crippen LogP contribution in [0.3, 0.4) is 0 Å². The Morgan fingerprint density at radius 1 is 1.35 bits per heavy atom. The molecule has 1 N–H and O–H groups in total. The van der Waals surface area contributed by atoms with Gasteiger partial charge < -0.3 is 5.32 Å². The van der Waals surface area contributed by atoms with Crippen LogP contribution < -0.4 is 5.32 Å². The summed E-state index contributed by atoms with van der Waals surface area (Å²) in [5.41, 5.74) is 1.50. The average Bonchev–Trinajstić information content (AvgIpc) is 2.33. The summed E-state index contributed by atoms with van der Waals surface area (Å²) < 4.78 is 0. The van der Waals surface area contributed by atoms with E-state index in [1.165, 1.54) is 0 Å². The predicted molar refractivity (Wildman–Crippen MR) is 73.3 cm³/mol. The van der Waals surface area contributed by atoms with Crippen molar-refractivity contribution in [2.75, 3.05) is 5.32 Å². The molecule has 17 heavy (non-hydrogen) atoms. The van der Waals surface area contributed by atoms with Crippen molar-refractivity contribution in [3.05, 3.63) is 28.8 Å². The molecule has 1 atom stereocenters. The Labute approximate surface area is 109 Å². The number of halogens is 1. The van der Waals surface area contributed by atoms with Gasteiger partial charge in [-0.05, 0) is 31.0 Å². The first-order chi connectivity index (χ1) is 8.12. The molecule has 0 radical (unpaired) electrons. The predicted octanol–water partition coefficient (Wildman–Crippen LogP) is 4.45. The van der Waals surface area contributed by atoms with Gasteiger partial charge in [-0.15, -0.1) is 0 Å². The number of nitrogens with one attached hydrogen (secondary N) is 1. The number of hydrogen-bond donors (Lipinski definition) is 1. The molecule has 0 aromatic heterocycles. The summed E-state index contributed by atoms with van der Waals surface area (Å²) in [6.45, 7) is 6.58. The summed E-state index contributed by atoms with van der Waals surface area (Å²) in [4.78, 5) is 0. The third-order valence-corrected chi connectivity index (χ3v) is 3.55. The minimum Gasteiger partial charge on any atom is -0.381 e. The van der Waals surface area contributed by atoms with Crippen molar-refractivity contribution in [2.45, 2.75) is 39.7 Å². The minimum atomic E-state index is 0.385. The van der Waals surface area contributed by atoms with E-state index >= 15 is 0 Å². The summed E-state index contributed by atoms with van der Waals surface area (Å²) >= 11 is 6.13. The van der Waals surface area contributed by atoms with E-state index in [0.29, 0.717) is 22.5 Å². The van der Waals surface area contributed by atoms with E-state index in [1.54, 1.807) is 12.1 Å². The summed E-state index contributed by atoms with van der Waals surface area (Å²) in [5, 5.41) is 12.8. The summed E-state index contributed by atoms with van der Waals surface area (Å²) in [5.74, 6) is 0.640. The molecule has 1 unspecified atom stereocenters. The van der Waals surface area contributed by atoms with E-state index in [-0.39, 0.29) is 0 Å². The van der Waals surface area contributed by atoms with Crippen molar-refractivity contribution in [1.29, 1.82) is 5.26 Å². The monoisotopic (exact) mass is 250 g/mol. The molecule has 1 aromatic rings. The maximum atomic E-state index is 8.77. The van der Waals surface area contributed by atoms with Gasteiger partial charge in [0.05, 0.1) is 22.3 Å². The van der Waals surface area contributed by atoms with E-state index < -0.39 is 0 Å².